The summed E-state index contributed by atoms with van der Waals surface area (Å²) in [6, 6.07) is 13.9. The van der Waals surface area contributed by atoms with Gasteiger partial charge in [-0.25, -0.2) is 4.98 Å². The molecule has 0 spiro atoms. The lowest BCUT2D eigenvalue weighted by Crippen LogP contribution is -2.30. The Morgan fingerprint density at radius 1 is 1.14 bits per heavy atom. The van der Waals surface area contributed by atoms with Gasteiger partial charge in [0, 0.05) is 31.5 Å². The standard InChI is InChI=1S/C27H27N5O4/c1-4-35-15-7-14-31-24(30-26(33)19-9-11-21(12-10-19)36-5-2)20(17-28)16-22-25(31)29-23-18(3)8-6-13-32(23)27(22)34/h6,8-13,16H,4-5,7,14-15H2,1-3H3. The lowest BCUT2D eigenvalue weighted by atomic mass is 10.2. The van der Waals surface area contributed by atoms with Crippen LogP contribution < -0.4 is 15.8 Å². The lowest BCUT2D eigenvalue weighted by molar-refractivity contribution is 0.0997. The van der Waals surface area contributed by atoms with Gasteiger partial charge in [0.05, 0.1) is 17.6 Å². The van der Waals surface area contributed by atoms with Crippen molar-refractivity contribution >= 4 is 22.6 Å². The van der Waals surface area contributed by atoms with Crippen LogP contribution in [0.2, 0.25) is 0 Å². The maximum Gasteiger partial charge on any atom is 0.278 e. The van der Waals surface area contributed by atoms with Crippen molar-refractivity contribution in [1.82, 2.24) is 14.0 Å². The first-order chi connectivity index (χ1) is 17.5. The summed E-state index contributed by atoms with van der Waals surface area (Å²) < 4.78 is 14.1. The molecule has 0 saturated carbocycles. The second kappa shape index (κ2) is 11.0. The number of carbonyl (C=O) groups excluding carboxylic acids is 1. The average molecular weight is 486 g/mol. The van der Waals surface area contributed by atoms with E-state index in [0.29, 0.717) is 55.4 Å². The molecule has 0 bridgehead atoms. The maximum atomic E-state index is 13.3. The monoisotopic (exact) mass is 485 g/mol. The summed E-state index contributed by atoms with van der Waals surface area (Å²) in [5, 5.41) is 10.2. The van der Waals surface area contributed by atoms with Crippen molar-refractivity contribution in [1.29, 1.82) is 5.26 Å². The summed E-state index contributed by atoms with van der Waals surface area (Å²) in [6.45, 7) is 7.58. The summed E-state index contributed by atoms with van der Waals surface area (Å²) in [7, 11) is 0. The van der Waals surface area contributed by atoms with Gasteiger partial charge in [0.1, 0.15) is 23.1 Å². The largest absolute Gasteiger partial charge is 0.494 e. The van der Waals surface area contributed by atoms with Crippen LogP contribution >= 0.6 is 0 Å². The number of fused-ring (bicyclic) bond motifs is 2. The summed E-state index contributed by atoms with van der Waals surface area (Å²) in [6.07, 6.45) is 2.23. The maximum absolute atomic E-state index is 13.3. The van der Waals surface area contributed by atoms with E-state index in [4.69, 9.17) is 14.5 Å². The molecule has 3 aromatic heterocycles. The Hall–Kier alpha value is -4.29. The molecule has 9 heteroatoms. The van der Waals surface area contributed by atoms with Crippen molar-refractivity contribution in [3.05, 3.63) is 81.2 Å². The molecule has 0 N–H and O–H groups in total. The number of hydrogen-bond donors (Lipinski definition) is 0. The number of nitrogens with zero attached hydrogens (tertiary/aromatic N) is 5. The lowest BCUT2D eigenvalue weighted by Gasteiger charge is -2.14. The van der Waals surface area contributed by atoms with Gasteiger partial charge < -0.3 is 14.0 Å². The Labute approximate surface area is 207 Å². The fourth-order valence-electron chi connectivity index (χ4n) is 3.99. The zero-order chi connectivity index (χ0) is 25.7. The quantitative estimate of drug-likeness (QED) is 0.279. The van der Waals surface area contributed by atoms with Gasteiger partial charge in [-0.1, -0.05) is 6.07 Å². The zero-order valence-corrected chi connectivity index (χ0v) is 20.5. The third-order valence-electron chi connectivity index (χ3n) is 5.72. The van der Waals surface area contributed by atoms with E-state index in [-0.39, 0.29) is 22.0 Å². The Balaban J connectivity index is 1.96. The van der Waals surface area contributed by atoms with Crippen molar-refractivity contribution in [3.8, 4) is 11.8 Å². The van der Waals surface area contributed by atoms with Crippen LogP contribution in [0.5, 0.6) is 5.75 Å². The molecule has 0 aliphatic heterocycles. The average Bonchev–Trinajstić information content (AvgIpc) is 2.88. The molecule has 0 radical (unpaired) electrons. The molecule has 0 aliphatic carbocycles. The Morgan fingerprint density at radius 2 is 1.92 bits per heavy atom. The molecule has 0 saturated heterocycles. The smallest absolute Gasteiger partial charge is 0.278 e. The minimum atomic E-state index is -0.513. The highest BCUT2D eigenvalue weighted by atomic mass is 16.5. The SMILES string of the molecule is CCOCCCn1c(=NC(=O)c2ccc(OCC)cc2)c(C#N)cc2c(=O)n3cccc(C)c3nc21. The van der Waals surface area contributed by atoms with E-state index in [9.17, 15) is 14.9 Å². The second-order valence-corrected chi connectivity index (χ2v) is 8.11. The van der Waals surface area contributed by atoms with Crippen LogP contribution in [0.4, 0.5) is 0 Å². The third kappa shape index (κ3) is 4.90. The normalized spacial score (nSPS) is 11.7. The van der Waals surface area contributed by atoms with E-state index in [1.807, 2.05) is 26.8 Å². The number of benzene rings is 1. The summed E-state index contributed by atoms with van der Waals surface area (Å²) in [4.78, 5) is 35.6. The summed E-state index contributed by atoms with van der Waals surface area (Å²) in [5.74, 6) is 0.136. The number of carbonyl (C=O) groups is 1. The first-order valence-electron chi connectivity index (χ1n) is 11.8. The number of ether oxygens (including phenoxy) is 2. The van der Waals surface area contributed by atoms with E-state index >= 15 is 0 Å². The van der Waals surface area contributed by atoms with Crippen LogP contribution in [0.25, 0.3) is 16.7 Å². The van der Waals surface area contributed by atoms with Crippen molar-refractivity contribution in [3.63, 3.8) is 0 Å². The van der Waals surface area contributed by atoms with Crippen LogP contribution in [-0.2, 0) is 11.3 Å². The molecule has 1 amide bonds. The van der Waals surface area contributed by atoms with Crippen LogP contribution in [-0.4, -0.2) is 39.7 Å². The highest BCUT2D eigenvalue weighted by Gasteiger charge is 2.16. The predicted octanol–water partition coefficient (Wildman–Crippen LogP) is 3.40. The van der Waals surface area contributed by atoms with Gasteiger partial charge in [-0.2, -0.15) is 10.3 Å². The fraction of sp³-hybridized carbons (Fsp3) is 0.296. The number of hydrogen-bond acceptors (Lipinski definition) is 6. The molecular weight excluding hydrogens is 458 g/mol. The number of nitriles is 1. The molecule has 1 aromatic carbocycles. The van der Waals surface area contributed by atoms with Gasteiger partial charge in [0.25, 0.3) is 11.5 Å². The number of amides is 1. The van der Waals surface area contributed by atoms with Crippen LogP contribution in [0.1, 0.15) is 41.8 Å². The van der Waals surface area contributed by atoms with Gasteiger partial charge in [0.2, 0.25) is 0 Å². The number of rotatable bonds is 8. The van der Waals surface area contributed by atoms with E-state index in [1.165, 1.54) is 10.5 Å². The molecule has 9 nitrogen and oxygen atoms in total. The highest BCUT2D eigenvalue weighted by molar-refractivity contribution is 5.95. The third-order valence-corrected chi connectivity index (χ3v) is 5.72. The first-order valence-corrected chi connectivity index (χ1v) is 11.8. The molecular formula is C27H27N5O4. The van der Waals surface area contributed by atoms with Crippen molar-refractivity contribution in [2.45, 2.75) is 33.7 Å². The Bertz CT molecular complexity index is 1590. The van der Waals surface area contributed by atoms with Gasteiger partial charge in [-0.15, -0.1) is 0 Å². The molecule has 184 valence electrons. The molecule has 3 heterocycles. The molecule has 0 aliphatic rings. The number of pyridine rings is 2. The molecule has 36 heavy (non-hydrogen) atoms. The number of aromatic nitrogens is 3. The van der Waals surface area contributed by atoms with Crippen LogP contribution in [0.3, 0.4) is 0 Å². The highest BCUT2D eigenvalue weighted by Crippen LogP contribution is 2.15. The van der Waals surface area contributed by atoms with Gasteiger partial charge >= 0.3 is 0 Å². The van der Waals surface area contributed by atoms with E-state index in [1.54, 1.807) is 41.1 Å². The van der Waals surface area contributed by atoms with Gasteiger partial charge in [-0.3, -0.25) is 14.0 Å². The minimum absolute atomic E-state index is 0.115. The predicted molar refractivity (Wildman–Crippen MR) is 135 cm³/mol. The molecule has 0 fully saturated rings. The second-order valence-electron chi connectivity index (χ2n) is 8.11. The molecule has 4 aromatic rings. The molecule has 0 unspecified atom stereocenters. The van der Waals surface area contributed by atoms with E-state index in [2.05, 4.69) is 11.1 Å². The first kappa shape index (κ1) is 24.8. The Kier molecular flexibility index (Phi) is 7.56. The summed E-state index contributed by atoms with van der Waals surface area (Å²) in [5.41, 5.74) is 2.02. The fourth-order valence-corrected chi connectivity index (χ4v) is 3.99. The van der Waals surface area contributed by atoms with Crippen LogP contribution in [0, 0.1) is 18.3 Å². The van der Waals surface area contributed by atoms with E-state index in [0.717, 1.165) is 5.56 Å². The number of aryl methyl sites for hydroxylation is 2. The topological polar surface area (TPSA) is 111 Å². The van der Waals surface area contributed by atoms with Gasteiger partial charge in [-0.05, 0) is 69.2 Å². The van der Waals surface area contributed by atoms with E-state index < -0.39 is 5.91 Å². The van der Waals surface area contributed by atoms with Crippen LogP contribution in [0.15, 0.2) is 58.4 Å². The molecule has 4 rings (SSSR count). The summed E-state index contributed by atoms with van der Waals surface area (Å²) >= 11 is 0. The van der Waals surface area contributed by atoms with Crippen molar-refractivity contribution in [2.75, 3.05) is 19.8 Å². The molecule has 0 atom stereocenters. The van der Waals surface area contributed by atoms with Crippen molar-refractivity contribution in [2.24, 2.45) is 4.99 Å². The minimum Gasteiger partial charge on any atom is -0.494 e. The van der Waals surface area contributed by atoms with Gasteiger partial charge in [0.15, 0.2) is 5.49 Å². The van der Waals surface area contributed by atoms with Crippen molar-refractivity contribution < 1.29 is 14.3 Å². The zero-order valence-electron chi connectivity index (χ0n) is 20.5. The Morgan fingerprint density at radius 3 is 2.61 bits per heavy atom.